The van der Waals surface area contributed by atoms with Crippen molar-refractivity contribution in [1.29, 1.82) is 0 Å². The van der Waals surface area contributed by atoms with Gasteiger partial charge in [-0.1, -0.05) is 0 Å². The fourth-order valence-electron chi connectivity index (χ4n) is 1.68. The first-order chi connectivity index (χ1) is 10.0. The molecule has 0 atom stereocenters. The number of amides is 1. The number of carbonyl (C=O) groups excluding carboxylic acids is 1. The minimum atomic E-state index is -0.981. The van der Waals surface area contributed by atoms with Gasteiger partial charge < -0.3 is 10.4 Å². The van der Waals surface area contributed by atoms with Crippen molar-refractivity contribution in [2.75, 3.05) is 0 Å². The first-order valence-electron chi connectivity index (χ1n) is 6.24. The number of carboxylic acid groups (broad SMARTS) is 1. The maximum atomic E-state index is 12.0. The standard InChI is InChI=1S/C15H14N2O3S/c1-10-6-11(8-16-7-10)15(20)17-9-13-3-2-12(21-13)4-5-14(18)19/h2-8H,9H2,1H3,(H,17,20)(H,18,19). The molecular weight excluding hydrogens is 288 g/mol. The first-order valence-corrected chi connectivity index (χ1v) is 7.06. The molecule has 0 aromatic carbocycles. The van der Waals surface area contributed by atoms with Crippen LogP contribution >= 0.6 is 11.3 Å². The number of nitrogens with zero attached hydrogens (tertiary/aromatic N) is 1. The van der Waals surface area contributed by atoms with Crippen molar-refractivity contribution in [2.24, 2.45) is 0 Å². The molecule has 5 nitrogen and oxygen atoms in total. The Hall–Kier alpha value is -2.47. The highest BCUT2D eigenvalue weighted by Gasteiger charge is 2.06. The lowest BCUT2D eigenvalue weighted by Gasteiger charge is -2.03. The van der Waals surface area contributed by atoms with Crippen LogP contribution in [0.2, 0.25) is 0 Å². The topological polar surface area (TPSA) is 79.3 Å². The van der Waals surface area contributed by atoms with E-state index in [-0.39, 0.29) is 5.91 Å². The van der Waals surface area contributed by atoms with E-state index in [9.17, 15) is 9.59 Å². The predicted molar refractivity (Wildman–Crippen MR) is 81.1 cm³/mol. The van der Waals surface area contributed by atoms with E-state index >= 15 is 0 Å². The molecule has 6 heteroatoms. The number of hydrogen-bond acceptors (Lipinski definition) is 4. The molecule has 0 saturated carbocycles. The van der Waals surface area contributed by atoms with Crippen LogP contribution in [0.4, 0.5) is 0 Å². The minimum Gasteiger partial charge on any atom is -0.478 e. The smallest absolute Gasteiger partial charge is 0.328 e. The molecule has 108 valence electrons. The monoisotopic (exact) mass is 302 g/mol. The third-order valence-electron chi connectivity index (χ3n) is 2.63. The van der Waals surface area contributed by atoms with Gasteiger partial charge in [-0.2, -0.15) is 0 Å². The molecule has 0 fully saturated rings. The van der Waals surface area contributed by atoms with Gasteiger partial charge in [0.05, 0.1) is 12.1 Å². The Labute approximate surface area is 126 Å². The van der Waals surface area contributed by atoms with E-state index in [1.165, 1.54) is 23.6 Å². The van der Waals surface area contributed by atoms with Crippen molar-refractivity contribution >= 4 is 29.3 Å². The maximum Gasteiger partial charge on any atom is 0.328 e. The zero-order chi connectivity index (χ0) is 15.2. The molecule has 2 N–H and O–H groups in total. The van der Waals surface area contributed by atoms with Crippen LogP contribution in [0.15, 0.2) is 36.7 Å². The Morgan fingerprint density at radius 1 is 1.38 bits per heavy atom. The summed E-state index contributed by atoms with van der Waals surface area (Å²) in [5.74, 6) is -1.16. The molecule has 0 aliphatic carbocycles. The fraction of sp³-hybridized carbons (Fsp3) is 0.133. The largest absolute Gasteiger partial charge is 0.478 e. The number of aliphatic carboxylic acids is 1. The average Bonchev–Trinajstić information content (AvgIpc) is 2.90. The van der Waals surface area contributed by atoms with Crippen LogP contribution in [0.1, 0.15) is 25.7 Å². The summed E-state index contributed by atoms with van der Waals surface area (Å²) in [6.07, 6.45) is 5.84. The predicted octanol–water partition coefficient (Wildman–Crippen LogP) is 2.48. The van der Waals surface area contributed by atoms with Gasteiger partial charge in [-0.3, -0.25) is 9.78 Å². The zero-order valence-corrected chi connectivity index (χ0v) is 12.2. The summed E-state index contributed by atoms with van der Waals surface area (Å²) in [6, 6.07) is 5.46. The highest BCUT2D eigenvalue weighted by molar-refractivity contribution is 7.12. The van der Waals surface area contributed by atoms with Crippen molar-refractivity contribution in [2.45, 2.75) is 13.5 Å². The molecule has 0 aliphatic rings. The number of thiophene rings is 1. The van der Waals surface area contributed by atoms with Crippen molar-refractivity contribution in [3.63, 3.8) is 0 Å². The van der Waals surface area contributed by atoms with Gasteiger partial charge in [-0.05, 0) is 36.8 Å². The van der Waals surface area contributed by atoms with E-state index in [0.717, 1.165) is 21.4 Å². The first kappa shape index (κ1) is 14.9. The number of aryl methyl sites for hydroxylation is 1. The van der Waals surface area contributed by atoms with E-state index in [4.69, 9.17) is 5.11 Å². The van der Waals surface area contributed by atoms with Crippen molar-refractivity contribution in [3.8, 4) is 0 Å². The lowest BCUT2D eigenvalue weighted by Crippen LogP contribution is -2.22. The van der Waals surface area contributed by atoms with Crippen molar-refractivity contribution < 1.29 is 14.7 Å². The Balaban J connectivity index is 1.94. The summed E-state index contributed by atoms with van der Waals surface area (Å²) < 4.78 is 0. The van der Waals surface area contributed by atoms with Gasteiger partial charge in [0, 0.05) is 28.2 Å². The number of carbonyl (C=O) groups is 2. The Morgan fingerprint density at radius 2 is 2.19 bits per heavy atom. The van der Waals surface area contributed by atoms with Crippen molar-refractivity contribution in [1.82, 2.24) is 10.3 Å². The quantitative estimate of drug-likeness (QED) is 0.832. The molecule has 2 rings (SSSR count). The molecule has 0 unspecified atom stereocenters. The van der Waals surface area contributed by atoms with Crippen LogP contribution in [0, 0.1) is 6.92 Å². The van der Waals surface area contributed by atoms with Gasteiger partial charge in [0.2, 0.25) is 0 Å². The van der Waals surface area contributed by atoms with Gasteiger partial charge in [-0.25, -0.2) is 4.79 Å². The lowest BCUT2D eigenvalue weighted by atomic mass is 10.2. The van der Waals surface area contributed by atoms with Crippen LogP contribution in [-0.4, -0.2) is 22.0 Å². The second-order valence-corrected chi connectivity index (χ2v) is 5.61. The number of hydrogen-bond donors (Lipinski definition) is 2. The average molecular weight is 302 g/mol. The second kappa shape index (κ2) is 6.81. The molecule has 1 amide bonds. The molecule has 0 saturated heterocycles. The molecule has 21 heavy (non-hydrogen) atoms. The number of carboxylic acids is 1. The number of rotatable bonds is 5. The van der Waals surface area contributed by atoms with Gasteiger partial charge in [0.25, 0.3) is 5.91 Å². The lowest BCUT2D eigenvalue weighted by molar-refractivity contribution is -0.131. The third kappa shape index (κ3) is 4.54. The highest BCUT2D eigenvalue weighted by atomic mass is 32.1. The van der Waals surface area contributed by atoms with E-state index in [1.54, 1.807) is 12.3 Å². The van der Waals surface area contributed by atoms with Gasteiger partial charge >= 0.3 is 5.97 Å². The molecule has 0 radical (unpaired) electrons. The van der Waals surface area contributed by atoms with Gasteiger partial charge in [0.1, 0.15) is 0 Å². The van der Waals surface area contributed by atoms with Crippen LogP contribution in [-0.2, 0) is 11.3 Å². The van der Waals surface area contributed by atoms with Gasteiger partial charge in [0.15, 0.2) is 0 Å². The fourth-order valence-corrected chi connectivity index (χ4v) is 2.54. The van der Waals surface area contributed by atoms with Crippen LogP contribution in [0.3, 0.4) is 0 Å². The van der Waals surface area contributed by atoms with E-state index < -0.39 is 5.97 Å². The number of aromatic nitrogens is 1. The molecule has 2 aromatic heterocycles. The summed E-state index contributed by atoms with van der Waals surface area (Å²) in [5.41, 5.74) is 1.46. The Morgan fingerprint density at radius 3 is 2.90 bits per heavy atom. The Bertz CT molecular complexity index is 692. The maximum absolute atomic E-state index is 12.0. The summed E-state index contributed by atoms with van der Waals surface area (Å²) in [6.45, 7) is 2.28. The molecule has 2 heterocycles. The normalized spacial score (nSPS) is 10.7. The molecule has 0 aliphatic heterocycles. The zero-order valence-electron chi connectivity index (χ0n) is 11.4. The van der Waals surface area contributed by atoms with Crippen molar-refractivity contribution in [3.05, 3.63) is 57.6 Å². The van der Waals surface area contributed by atoms with Gasteiger partial charge in [-0.15, -0.1) is 11.3 Å². The summed E-state index contributed by atoms with van der Waals surface area (Å²) in [5, 5.41) is 11.4. The summed E-state index contributed by atoms with van der Waals surface area (Å²) in [4.78, 5) is 28.2. The summed E-state index contributed by atoms with van der Waals surface area (Å²) in [7, 11) is 0. The summed E-state index contributed by atoms with van der Waals surface area (Å²) >= 11 is 1.43. The second-order valence-electron chi connectivity index (χ2n) is 4.41. The molecule has 0 bridgehead atoms. The molecule has 0 spiro atoms. The molecule has 2 aromatic rings. The van der Waals surface area contributed by atoms with E-state index in [1.807, 2.05) is 19.1 Å². The van der Waals surface area contributed by atoms with Crippen LogP contribution in [0.25, 0.3) is 6.08 Å². The van der Waals surface area contributed by atoms with E-state index in [0.29, 0.717) is 12.1 Å². The number of nitrogens with one attached hydrogen (secondary N) is 1. The van der Waals surface area contributed by atoms with Crippen LogP contribution in [0.5, 0.6) is 0 Å². The molecular formula is C15H14N2O3S. The Kier molecular flexibility index (Phi) is 4.84. The SMILES string of the molecule is Cc1cncc(C(=O)NCc2ccc(C=CC(=O)O)s2)c1. The highest BCUT2D eigenvalue weighted by Crippen LogP contribution is 2.17. The number of pyridine rings is 1. The van der Waals surface area contributed by atoms with E-state index in [2.05, 4.69) is 10.3 Å². The third-order valence-corrected chi connectivity index (χ3v) is 3.68. The van der Waals surface area contributed by atoms with Crippen LogP contribution < -0.4 is 5.32 Å². The minimum absolute atomic E-state index is 0.178.